The highest BCUT2D eigenvalue weighted by Crippen LogP contribution is 2.26. The number of carbonyl (C=O) groups is 1. The first-order chi connectivity index (χ1) is 8.78. The van der Waals surface area contributed by atoms with Gasteiger partial charge in [-0.3, -0.25) is 4.79 Å². The van der Waals surface area contributed by atoms with E-state index in [1.807, 2.05) is 0 Å². The molecule has 0 heterocycles. The first-order valence-electron chi connectivity index (χ1n) is 5.73. The normalized spacial score (nSPS) is 15.4. The molecule has 2 unspecified atom stereocenters. The van der Waals surface area contributed by atoms with Gasteiger partial charge in [0.05, 0.1) is 5.92 Å². The lowest BCUT2D eigenvalue weighted by Crippen LogP contribution is -2.38. The van der Waals surface area contributed by atoms with E-state index in [0.717, 1.165) is 24.4 Å². The summed E-state index contributed by atoms with van der Waals surface area (Å²) in [6.07, 6.45) is 1.04. The number of halogens is 2. The second-order valence-electron chi connectivity index (χ2n) is 4.72. The predicted molar refractivity (Wildman–Crippen MR) is 68.5 cm³/mol. The van der Waals surface area contributed by atoms with Crippen LogP contribution in [0.2, 0.25) is 0 Å². The summed E-state index contributed by atoms with van der Waals surface area (Å²) in [5.41, 5.74) is -0.739. The third-order valence-electron chi connectivity index (χ3n) is 3.23. The molecule has 0 spiro atoms. The molecular weight excluding hydrogens is 254 g/mol. The highest BCUT2D eigenvalue weighted by Gasteiger charge is 2.34. The molecule has 1 rings (SSSR count). The third-order valence-corrected chi connectivity index (χ3v) is 3.23. The molecule has 0 aliphatic carbocycles. The van der Waals surface area contributed by atoms with Gasteiger partial charge in [-0.15, -0.1) is 0 Å². The molecule has 1 aromatic carbocycles. The minimum Gasteiger partial charge on any atom is -0.481 e. The van der Waals surface area contributed by atoms with Crippen molar-refractivity contribution in [2.45, 2.75) is 13.8 Å². The Bertz CT molecular complexity index is 473. The number of carboxylic acids is 1. The van der Waals surface area contributed by atoms with Crippen molar-refractivity contribution in [2.24, 2.45) is 11.3 Å². The maximum atomic E-state index is 13.0. The first-order valence-corrected chi connectivity index (χ1v) is 5.73. The van der Waals surface area contributed by atoms with Gasteiger partial charge in [-0.1, -0.05) is 13.8 Å². The summed E-state index contributed by atoms with van der Waals surface area (Å²) in [5, 5.41) is 19.1. The standard InChI is InChI=1S/C13H16F2N2O2/c1-8(12(18)19)13(2,6-16)7-17-11-4-9(14)3-10(15)5-11/h3-6,8,16-17H,7H2,1-2H3,(H,18,19). The molecule has 0 amide bonds. The SMILES string of the molecule is CC(C(=O)O)C(C)(C=N)CNc1cc(F)cc(F)c1. The molecule has 1 aromatic rings. The molecule has 0 fully saturated rings. The van der Waals surface area contributed by atoms with Crippen molar-refractivity contribution in [1.29, 1.82) is 5.41 Å². The molecule has 6 heteroatoms. The van der Waals surface area contributed by atoms with E-state index in [4.69, 9.17) is 10.5 Å². The first kappa shape index (κ1) is 15.1. The van der Waals surface area contributed by atoms with Crippen LogP contribution in [0.25, 0.3) is 0 Å². The van der Waals surface area contributed by atoms with Crippen molar-refractivity contribution in [1.82, 2.24) is 0 Å². The van der Waals surface area contributed by atoms with Crippen LogP contribution in [0.15, 0.2) is 18.2 Å². The van der Waals surface area contributed by atoms with Crippen LogP contribution in [-0.2, 0) is 4.79 Å². The Kier molecular flexibility index (Phi) is 4.58. The maximum Gasteiger partial charge on any atom is 0.307 e. The van der Waals surface area contributed by atoms with Gasteiger partial charge in [0.1, 0.15) is 11.6 Å². The lowest BCUT2D eigenvalue weighted by atomic mass is 9.79. The molecule has 104 valence electrons. The molecule has 0 aromatic heterocycles. The zero-order valence-electron chi connectivity index (χ0n) is 10.7. The largest absolute Gasteiger partial charge is 0.481 e. The number of anilines is 1. The van der Waals surface area contributed by atoms with E-state index in [9.17, 15) is 13.6 Å². The van der Waals surface area contributed by atoms with Gasteiger partial charge < -0.3 is 15.8 Å². The summed E-state index contributed by atoms with van der Waals surface area (Å²) in [6.45, 7) is 3.18. The fourth-order valence-electron chi connectivity index (χ4n) is 1.56. The molecule has 19 heavy (non-hydrogen) atoms. The topological polar surface area (TPSA) is 73.2 Å². The second-order valence-corrected chi connectivity index (χ2v) is 4.72. The van der Waals surface area contributed by atoms with Crippen LogP contribution in [0.4, 0.5) is 14.5 Å². The van der Waals surface area contributed by atoms with Crippen LogP contribution < -0.4 is 5.32 Å². The number of hydrogen-bond acceptors (Lipinski definition) is 3. The molecule has 0 aliphatic rings. The van der Waals surface area contributed by atoms with Gasteiger partial charge >= 0.3 is 5.97 Å². The minimum absolute atomic E-state index is 0.0901. The quantitative estimate of drug-likeness (QED) is 0.696. The van der Waals surface area contributed by atoms with Gasteiger partial charge in [0.15, 0.2) is 0 Å². The number of benzene rings is 1. The molecular formula is C13H16F2N2O2. The number of carboxylic acid groups (broad SMARTS) is 1. The van der Waals surface area contributed by atoms with Crippen LogP contribution in [0.3, 0.4) is 0 Å². The molecule has 0 saturated carbocycles. The number of nitrogens with one attached hydrogen (secondary N) is 2. The summed E-state index contributed by atoms with van der Waals surface area (Å²) in [4.78, 5) is 11.0. The van der Waals surface area contributed by atoms with E-state index in [2.05, 4.69) is 5.32 Å². The third kappa shape index (κ3) is 3.74. The lowest BCUT2D eigenvalue weighted by Gasteiger charge is -2.29. The van der Waals surface area contributed by atoms with E-state index < -0.39 is 28.9 Å². The van der Waals surface area contributed by atoms with Gasteiger partial charge in [0.25, 0.3) is 0 Å². The molecule has 3 N–H and O–H groups in total. The molecule has 0 radical (unpaired) electrons. The van der Waals surface area contributed by atoms with Gasteiger partial charge in [0, 0.05) is 29.9 Å². The van der Waals surface area contributed by atoms with Crippen LogP contribution in [0, 0.1) is 28.4 Å². The monoisotopic (exact) mass is 270 g/mol. The maximum absolute atomic E-state index is 13.0. The molecule has 4 nitrogen and oxygen atoms in total. The van der Waals surface area contributed by atoms with E-state index >= 15 is 0 Å². The Hall–Kier alpha value is -1.98. The average molecular weight is 270 g/mol. The van der Waals surface area contributed by atoms with Crippen molar-refractivity contribution in [3.63, 3.8) is 0 Å². The van der Waals surface area contributed by atoms with E-state index in [1.54, 1.807) is 6.92 Å². The highest BCUT2D eigenvalue weighted by molar-refractivity contribution is 5.78. The zero-order valence-corrected chi connectivity index (χ0v) is 10.7. The summed E-state index contributed by atoms with van der Waals surface area (Å²) < 4.78 is 26.0. The van der Waals surface area contributed by atoms with Crippen LogP contribution in [0.5, 0.6) is 0 Å². The second kappa shape index (κ2) is 5.77. The van der Waals surface area contributed by atoms with Crippen molar-refractivity contribution in [3.8, 4) is 0 Å². The van der Waals surface area contributed by atoms with Gasteiger partial charge in [-0.05, 0) is 12.1 Å². The fourth-order valence-corrected chi connectivity index (χ4v) is 1.56. The molecule has 2 atom stereocenters. The van der Waals surface area contributed by atoms with E-state index in [1.165, 1.54) is 6.92 Å². The fraction of sp³-hybridized carbons (Fsp3) is 0.385. The van der Waals surface area contributed by atoms with E-state index in [-0.39, 0.29) is 12.2 Å². The van der Waals surface area contributed by atoms with Crippen molar-refractivity contribution < 1.29 is 18.7 Å². The summed E-state index contributed by atoms with van der Waals surface area (Å²) in [7, 11) is 0. The number of rotatable bonds is 6. The lowest BCUT2D eigenvalue weighted by molar-refractivity contribution is -0.143. The van der Waals surface area contributed by atoms with Crippen molar-refractivity contribution in [2.75, 3.05) is 11.9 Å². The Balaban J connectivity index is 2.83. The van der Waals surface area contributed by atoms with Crippen LogP contribution in [-0.4, -0.2) is 23.8 Å². The van der Waals surface area contributed by atoms with Crippen molar-refractivity contribution in [3.05, 3.63) is 29.8 Å². The Morgan fingerprint density at radius 3 is 2.42 bits per heavy atom. The number of hydrogen-bond donors (Lipinski definition) is 3. The minimum atomic E-state index is -1.03. The molecule has 0 bridgehead atoms. The van der Waals surface area contributed by atoms with Crippen LogP contribution >= 0.6 is 0 Å². The summed E-state index contributed by atoms with van der Waals surface area (Å²) in [5.74, 6) is -3.26. The Morgan fingerprint density at radius 2 is 2.00 bits per heavy atom. The summed E-state index contributed by atoms with van der Waals surface area (Å²) in [6, 6.07) is 2.97. The van der Waals surface area contributed by atoms with Gasteiger partial charge in [-0.25, -0.2) is 8.78 Å². The zero-order chi connectivity index (χ0) is 14.6. The molecule has 0 aliphatic heterocycles. The average Bonchev–Trinajstić information content (AvgIpc) is 2.33. The Labute approximate surface area is 110 Å². The van der Waals surface area contributed by atoms with Gasteiger partial charge in [-0.2, -0.15) is 0 Å². The van der Waals surface area contributed by atoms with Crippen LogP contribution in [0.1, 0.15) is 13.8 Å². The molecule has 0 saturated heterocycles. The van der Waals surface area contributed by atoms with Gasteiger partial charge in [0.2, 0.25) is 0 Å². The van der Waals surface area contributed by atoms with Crippen molar-refractivity contribution >= 4 is 17.9 Å². The highest BCUT2D eigenvalue weighted by atomic mass is 19.1. The summed E-state index contributed by atoms with van der Waals surface area (Å²) >= 11 is 0. The predicted octanol–water partition coefficient (Wildman–Crippen LogP) is 2.75. The Morgan fingerprint density at radius 1 is 1.47 bits per heavy atom. The van der Waals surface area contributed by atoms with E-state index in [0.29, 0.717) is 0 Å². The number of aliphatic carboxylic acids is 1. The smallest absolute Gasteiger partial charge is 0.307 e.